The van der Waals surface area contributed by atoms with Gasteiger partial charge >= 0.3 is 0 Å². The molecule has 1 N–H and O–H groups in total. The maximum absolute atomic E-state index is 9.70. The van der Waals surface area contributed by atoms with Crippen LogP contribution in [0.5, 0.6) is 11.5 Å². The number of hydrogen-bond acceptors (Lipinski definition) is 4. The van der Waals surface area contributed by atoms with Gasteiger partial charge in [-0.25, -0.2) is 9.66 Å². The molecule has 0 aliphatic rings. The number of fused-ring (bicyclic) bond motifs is 1. The molecule has 5 nitrogen and oxygen atoms in total. The van der Waals surface area contributed by atoms with E-state index in [2.05, 4.69) is 10.1 Å². The molecule has 6 heteroatoms. The zero-order chi connectivity index (χ0) is 14.8. The monoisotopic (exact) mass is 301 g/mol. The summed E-state index contributed by atoms with van der Waals surface area (Å²) in [5, 5.41) is 14.3. The Balaban J connectivity index is 1.98. The van der Waals surface area contributed by atoms with Gasteiger partial charge in [0, 0.05) is 0 Å². The van der Waals surface area contributed by atoms with Crippen molar-refractivity contribution in [3.05, 3.63) is 53.3 Å². The average Bonchev–Trinajstić information content (AvgIpc) is 2.91. The molecule has 0 aliphatic carbocycles. The van der Waals surface area contributed by atoms with Crippen molar-refractivity contribution in [3.8, 4) is 11.5 Å². The minimum Gasteiger partial charge on any atom is -0.503 e. The number of benzene rings is 2. The number of nitrogens with zero attached hydrogens (tertiary/aromatic N) is 3. The SMILES string of the molecule is COc1cc(/C=N/n2cnc3ccccc32)cc(Cl)c1O. The van der Waals surface area contributed by atoms with Gasteiger partial charge in [0.1, 0.15) is 6.33 Å². The predicted octanol–water partition coefficient (Wildman–Crippen LogP) is 3.29. The molecular weight excluding hydrogens is 290 g/mol. The van der Waals surface area contributed by atoms with E-state index >= 15 is 0 Å². The number of hydrogen-bond donors (Lipinski definition) is 1. The average molecular weight is 302 g/mol. The maximum Gasteiger partial charge on any atom is 0.176 e. The highest BCUT2D eigenvalue weighted by atomic mass is 35.5. The summed E-state index contributed by atoms with van der Waals surface area (Å²) in [6.45, 7) is 0. The Morgan fingerprint density at radius 3 is 2.95 bits per heavy atom. The van der Waals surface area contributed by atoms with E-state index in [-0.39, 0.29) is 10.8 Å². The molecule has 0 atom stereocenters. The lowest BCUT2D eigenvalue weighted by Gasteiger charge is -2.06. The maximum atomic E-state index is 9.70. The van der Waals surface area contributed by atoms with Crippen LogP contribution in [-0.2, 0) is 0 Å². The van der Waals surface area contributed by atoms with E-state index in [9.17, 15) is 5.11 Å². The highest BCUT2D eigenvalue weighted by Gasteiger charge is 2.08. The first-order valence-corrected chi connectivity index (χ1v) is 6.60. The highest BCUT2D eigenvalue weighted by Crippen LogP contribution is 2.34. The van der Waals surface area contributed by atoms with E-state index in [1.807, 2.05) is 24.3 Å². The van der Waals surface area contributed by atoms with E-state index in [1.54, 1.807) is 29.4 Å². The number of imidazole rings is 1. The molecule has 0 aliphatic heterocycles. The third kappa shape index (κ3) is 2.55. The second-order valence-electron chi connectivity index (χ2n) is 4.38. The predicted molar refractivity (Wildman–Crippen MR) is 82.4 cm³/mol. The minimum absolute atomic E-state index is 0.0793. The van der Waals surface area contributed by atoms with Crippen LogP contribution in [0.2, 0.25) is 5.02 Å². The third-order valence-electron chi connectivity index (χ3n) is 3.04. The number of para-hydroxylation sites is 2. The zero-order valence-corrected chi connectivity index (χ0v) is 11.9. The van der Waals surface area contributed by atoms with Gasteiger partial charge in [0.25, 0.3) is 0 Å². The lowest BCUT2D eigenvalue weighted by Crippen LogP contribution is -1.91. The van der Waals surface area contributed by atoms with Crippen LogP contribution in [0.4, 0.5) is 0 Å². The molecule has 0 saturated heterocycles. The number of aromatic nitrogens is 2. The number of rotatable bonds is 3. The number of halogens is 1. The molecule has 1 heterocycles. The number of phenolic OH excluding ortho intramolecular Hbond substituents is 1. The standard InChI is InChI=1S/C15H12ClN3O2/c1-21-14-7-10(6-11(16)15(14)20)8-18-19-9-17-12-4-2-3-5-13(12)19/h2-9,20H,1H3/b18-8+. The van der Waals surface area contributed by atoms with Gasteiger partial charge in [-0.05, 0) is 29.8 Å². The topological polar surface area (TPSA) is 59.6 Å². The van der Waals surface area contributed by atoms with Gasteiger partial charge in [-0.3, -0.25) is 0 Å². The van der Waals surface area contributed by atoms with Gasteiger partial charge in [0.05, 0.1) is 29.4 Å². The second-order valence-corrected chi connectivity index (χ2v) is 4.78. The molecule has 0 amide bonds. The van der Waals surface area contributed by atoms with Crippen LogP contribution >= 0.6 is 11.6 Å². The fourth-order valence-corrected chi connectivity index (χ4v) is 2.21. The van der Waals surface area contributed by atoms with E-state index in [4.69, 9.17) is 16.3 Å². The molecule has 3 aromatic rings. The fourth-order valence-electron chi connectivity index (χ4n) is 1.99. The molecule has 0 radical (unpaired) electrons. The largest absolute Gasteiger partial charge is 0.503 e. The smallest absolute Gasteiger partial charge is 0.176 e. The van der Waals surface area contributed by atoms with Crippen molar-refractivity contribution in [2.24, 2.45) is 5.10 Å². The van der Waals surface area contributed by atoms with Crippen molar-refractivity contribution in [1.82, 2.24) is 9.66 Å². The molecule has 0 spiro atoms. The first kappa shape index (κ1) is 13.5. The number of methoxy groups -OCH3 is 1. The summed E-state index contributed by atoms with van der Waals surface area (Å²) in [6.07, 6.45) is 3.27. The molecule has 1 aromatic heterocycles. The Kier molecular flexibility index (Phi) is 3.50. The summed E-state index contributed by atoms with van der Waals surface area (Å²) in [4.78, 5) is 4.25. The van der Waals surface area contributed by atoms with Crippen molar-refractivity contribution in [2.75, 3.05) is 7.11 Å². The fraction of sp³-hybridized carbons (Fsp3) is 0.0667. The number of ether oxygens (including phenoxy) is 1. The van der Waals surface area contributed by atoms with Crippen LogP contribution in [0.25, 0.3) is 11.0 Å². The molecule has 0 fully saturated rings. The molecule has 21 heavy (non-hydrogen) atoms. The Morgan fingerprint density at radius 1 is 1.33 bits per heavy atom. The van der Waals surface area contributed by atoms with Gasteiger partial charge in [-0.15, -0.1) is 0 Å². The molecule has 2 aromatic carbocycles. The van der Waals surface area contributed by atoms with Gasteiger partial charge in [-0.1, -0.05) is 23.7 Å². The molecule has 3 rings (SSSR count). The highest BCUT2D eigenvalue weighted by molar-refractivity contribution is 6.32. The van der Waals surface area contributed by atoms with Crippen LogP contribution in [0.3, 0.4) is 0 Å². The van der Waals surface area contributed by atoms with Gasteiger partial charge < -0.3 is 9.84 Å². The molecule has 0 unspecified atom stereocenters. The van der Waals surface area contributed by atoms with Crippen LogP contribution < -0.4 is 4.74 Å². The number of phenols is 1. The van der Waals surface area contributed by atoms with Crippen molar-refractivity contribution < 1.29 is 9.84 Å². The van der Waals surface area contributed by atoms with E-state index in [0.717, 1.165) is 11.0 Å². The Hall–Kier alpha value is -2.53. The van der Waals surface area contributed by atoms with Crippen LogP contribution in [0.15, 0.2) is 47.8 Å². The summed E-state index contributed by atoms with van der Waals surface area (Å²) >= 11 is 5.94. The van der Waals surface area contributed by atoms with Crippen molar-refractivity contribution in [2.45, 2.75) is 0 Å². The summed E-state index contributed by atoms with van der Waals surface area (Å²) in [5.41, 5.74) is 2.49. The van der Waals surface area contributed by atoms with Crippen molar-refractivity contribution in [3.63, 3.8) is 0 Å². The summed E-state index contributed by atoms with van der Waals surface area (Å²) in [5.74, 6) is 0.226. The van der Waals surface area contributed by atoms with Gasteiger partial charge in [0.2, 0.25) is 0 Å². The Morgan fingerprint density at radius 2 is 2.14 bits per heavy atom. The number of aromatic hydroxyl groups is 1. The van der Waals surface area contributed by atoms with Crippen molar-refractivity contribution >= 4 is 28.8 Å². The summed E-state index contributed by atoms with van der Waals surface area (Å²) < 4.78 is 6.73. The summed E-state index contributed by atoms with van der Waals surface area (Å²) in [6, 6.07) is 11.0. The third-order valence-corrected chi connectivity index (χ3v) is 3.32. The minimum atomic E-state index is -0.0793. The van der Waals surface area contributed by atoms with E-state index < -0.39 is 0 Å². The van der Waals surface area contributed by atoms with Crippen molar-refractivity contribution in [1.29, 1.82) is 0 Å². The second kappa shape index (κ2) is 5.46. The van der Waals surface area contributed by atoms with E-state index in [1.165, 1.54) is 7.11 Å². The molecule has 0 bridgehead atoms. The molecular formula is C15H12ClN3O2. The van der Waals surface area contributed by atoms with Crippen LogP contribution in [0.1, 0.15) is 5.56 Å². The normalized spacial score (nSPS) is 11.3. The van der Waals surface area contributed by atoms with E-state index in [0.29, 0.717) is 11.3 Å². The lowest BCUT2D eigenvalue weighted by atomic mass is 10.2. The Labute approximate surface area is 126 Å². The van der Waals surface area contributed by atoms with Gasteiger partial charge in [-0.2, -0.15) is 5.10 Å². The first-order valence-electron chi connectivity index (χ1n) is 6.22. The summed E-state index contributed by atoms with van der Waals surface area (Å²) in [7, 11) is 1.47. The first-order chi connectivity index (χ1) is 10.2. The van der Waals surface area contributed by atoms with Crippen LogP contribution in [-0.4, -0.2) is 28.1 Å². The van der Waals surface area contributed by atoms with Crippen LogP contribution in [0, 0.1) is 0 Å². The molecule has 0 saturated carbocycles. The Bertz CT molecular complexity index is 827. The van der Waals surface area contributed by atoms with Gasteiger partial charge in [0.15, 0.2) is 11.5 Å². The lowest BCUT2D eigenvalue weighted by molar-refractivity contribution is 0.373. The molecule has 106 valence electrons. The zero-order valence-electron chi connectivity index (χ0n) is 11.2. The quantitative estimate of drug-likeness (QED) is 0.755.